The van der Waals surface area contributed by atoms with Gasteiger partial charge in [-0.05, 0) is 56.2 Å². The average Bonchev–Trinajstić information content (AvgIpc) is 3.14. The van der Waals surface area contributed by atoms with Crippen LogP contribution in [0, 0.1) is 5.92 Å². The summed E-state index contributed by atoms with van der Waals surface area (Å²) < 4.78 is 7.99. The van der Waals surface area contributed by atoms with Gasteiger partial charge in [0.2, 0.25) is 0 Å². The lowest BCUT2D eigenvalue weighted by Crippen LogP contribution is -2.15. The van der Waals surface area contributed by atoms with Crippen molar-refractivity contribution in [3.05, 3.63) is 23.5 Å². The van der Waals surface area contributed by atoms with E-state index < -0.39 is 0 Å². The maximum absolute atomic E-state index is 5.76. The molecule has 3 rings (SSSR count). The Balaban J connectivity index is 1.65. The smallest absolute Gasteiger partial charge is 0.122 e. The van der Waals surface area contributed by atoms with Crippen LogP contribution in [0.1, 0.15) is 49.3 Å². The van der Waals surface area contributed by atoms with Crippen LogP contribution in [0.5, 0.6) is 0 Å². The number of aromatic nitrogens is 1. The van der Waals surface area contributed by atoms with E-state index in [1.807, 2.05) is 0 Å². The number of aryl methyl sites for hydroxylation is 1. The minimum atomic E-state index is 0.534. The third kappa shape index (κ3) is 2.78. The highest BCUT2D eigenvalue weighted by molar-refractivity contribution is 5.29. The van der Waals surface area contributed by atoms with Crippen molar-refractivity contribution in [2.24, 2.45) is 5.92 Å². The average molecular weight is 248 g/mol. The van der Waals surface area contributed by atoms with Crippen molar-refractivity contribution >= 4 is 0 Å². The van der Waals surface area contributed by atoms with Gasteiger partial charge in [0, 0.05) is 18.4 Å². The van der Waals surface area contributed by atoms with Crippen LogP contribution in [0.3, 0.4) is 0 Å². The molecule has 1 aromatic heterocycles. The van der Waals surface area contributed by atoms with Crippen molar-refractivity contribution in [1.82, 2.24) is 9.88 Å². The van der Waals surface area contributed by atoms with E-state index >= 15 is 0 Å². The summed E-state index contributed by atoms with van der Waals surface area (Å²) in [5.74, 6) is 0.850. The topological polar surface area (TPSA) is 26.2 Å². The van der Waals surface area contributed by atoms with Gasteiger partial charge in [-0.1, -0.05) is 6.42 Å². The molecule has 1 unspecified atom stereocenters. The van der Waals surface area contributed by atoms with Gasteiger partial charge in [0.1, 0.15) is 6.73 Å². The van der Waals surface area contributed by atoms with Crippen molar-refractivity contribution < 1.29 is 4.74 Å². The van der Waals surface area contributed by atoms with Crippen LogP contribution in [-0.2, 0) is 17.9 Å². The summed E-state index contributed by atoms with van der Waals surface area (Å²) in [6.45, 7) is 1.66. The van der Waals surface area contributed by atoms with Crippen molar-refractivity contribution in [3.8, 4) is 0 Å². The van der Waals surface area contributed by atoms with Crippen molar-refractivity contribution in [2.45, 2.75) is 51.3 Å². The molecular weight excluding hydrogens is 224 g/mol. The zero-order chi connectivity index (χ0) is 12.4. The summed E-state index contributed by atoms with van der Waals surface area (Å²) in [4.78, 5) is 0. The maximum atomic E-state index is 5.76. The highest BCUT2D eigenvalue weighted by atomic mass is 16.5. The molecule has 2 aliphatic carbocycles. The zero-order valence-electron chi connectivity index (χ0n) is 11.3. The van der Waals surface area contributed by atoms with Crippen LogP contribution in [0.25, 0.3) is 0 Å². The Morgan fingerprint density at radius 3 is 2.94 bits per heavy atom. The molecular formula is C15H24N2O. The second kappa shape index (κ2) is 5.45. The van der Waals surface area contributed by atoms with Crippen LogP contribution in [0.4, 0.5) is 0 Å². The molecule has 0 aromatic carbocycles. The Morgan fingerprint density at radius 2 is 2.17 bits per heavy atom. The first-order valence-electron chi connectivity index (χ1n) is 7.30. The van der Waals surface area contributed by atoms with Crippen LogP contribution in [0.2, 0.25) is 0 Å². The fourth-order valence-electron chi connectivity index (χ4n) is 2.90. The van der Waals surface area contributed by atoms with Crippen LogP contribution >= 0.6 is 0 Å². The van der Waals surface area contributed by atoms with Gasteiger partial charge in [-0.3, -0.25) is 0 Å². The molecule has 0 saturated heterocycles. The molecule has 0 bridgehead atoms. The fourth-order valence-corrected chi connectivity index (χ4v) is 2.90. The molecule has 1 fully saturated rings. The molecule has 0 spiro atoms. The Labute approximate surface area is 110 Å². The van der Waals surface area contributed by atoms with Crippen LogP contribution in [0.15, 0.2) is 12.4 Å². The number of nitrogens with zero attached hydrogens (tertiary/aromatic N) is 1. The van der Waals surface area contributed by atoms with E-state index in [0.29, 0.717) is 6.04 Å². The first-order valence-corrected chi connectivity index (χ1v) is 7.30. The first-order chi connectivity index (χ1) is 8.86. The summed E-state index contributed by atoms with van der Waals surface area (Å²) in [6.07, 6.45) is 12.4. The highest BCUT2D eigenvalue weighted by Gasteiger charge is 2.22. The molecule has 1 atom stereocenters. The number of ether oxygens (including phenoxy) is 1. The fraction of sp³-hybridized carbons (Fsp3) is 0.733. The monoisotopic (exact) mass is 248 g/mol. The Morgan fingerprint density at radius 1 is 1.28 bits per heavy atom. The number of hydrogen-bond acceptors (Lipinski definition) is 2. The first kappa shape index (κ1) is 12.2. The van der Waals surface area contributed by atoms with Gasteiger partial charge in [0.25, 0.3) is 0 Å². The van der Waals surface area contributed by atoms with E-state index in [0.717, 1.165) is 19.3 Å². The van der Waals surface area contributed by atoms with Gasteiger partial charge in [-0.2, -0.15) is 0 Å². The minimum Gasteiger partial charge on any atom is -0.361 e. The molecule has 0 amide bonds. The number of nitrogens with one attached hydrogen (secondary N) is 1. The third-order valence-corrected chi connectivity index (χ3v) is 4.20. The summed E-state index contributed by atoms with van der Waals surface area (Å²) in [7, 11) is 2.07. The molecule has 0 radical (unpaired) electrons. The molecule has 1 heterocycles. The van der Waals surface area contributed by atoms with Gasteiger partial charge < -0.3 is 14.6 Å². The minimum absolute atomic E-state index is 0.534. The SMILES string of the molecule is CNC1CCCCc2cn(COCC3CC3)cc21. The molecule has 3 nitrogen and oxygen atoms in total. The standard InChI is InChI=1S/C15H24N2O/c1-16-15-5-3-2-4-13-8-17(9-14(13)15)11-18-10-12-6-7-12/h8-9,12,15-16H,2-7,10-11H2,1H3. The van der Waals surface area contributed by atoms with E-state index in [9.17, 15) is 0 Å². The molecule has 1 N–H and O–H groups in total. The number of fused-ring (bicyclic) bond motifs is 1. The van der Waals surface area contributed by atoms with Gasteiger partial charge in [0.05, 0.1) is 6.61 Å². The lowest BCUT2D eigenvalue weighted by Gasteiger charge is -2.13. The van der Waals surface area contributed by atoms with Gasteiger partial charge >= 0.3 is 0 Å². The van der Waals surface area contributed by atoms with Crippen molar-refractivity contribution in [3.63, 3.8) is 0 Å². The summed E-state index contributed by atoms with van der Waals surface area (Å²) >= 11 is 0. The number of hydrogen-bond donors (Lipinski definition) is 1. The zero-order valence-corrected chi connectivity index (χ0v) is 11.3. The van der Waals surface area contributed by atoms with Gasteiger partial charge in [0.15, 0.2) is 0 Å². The van der Waals surface area contributed by atoms with E-state index in [1.165, 1.54) is 49.7 Å². The molecule has 1 aromatic rings. The highest BCUT2D eigenvalue weighted by Crippen LogP contribution is 2.30. The molecule has 1 saturated carbocycles. The second-order valence-corrected chi connectivity index (χ2v) is 5.78. The number of rotatable bonds is 5. The largest absolute Gasteiger partial charge is 0.361 e. The Hall–Kier alpha value is -0.800. The Bertz CT molecular complexity index is 395. The molecule has 0 aliphatic heterocycles. The molecule has 18 heavy (non-hydrogen) atoms. The predicted octanol–water partition coefficient (Wildman–Crippen LogP) is 2.86. The van der Waals surface area contributed by atoms with E-state index in [4.69, 9.17) is 4.74 Å². The van der Waals surface area contributed by atoms with Crippen LogP contribution < -0.4 is 5.32 Å². The molecule has 2 aliphatic rings. The van der Waals surface area contributed by atoms with Gasteiger partial charge in [-0.25, -0.2) is 0 Å². The van der Waals surface area contributed by atoms with E-state index in [2.05, 4.69) is 29.3 Å². The predicted molar refractivity (Wildman–Crippen MR) is 72.5 cm³/mol. The normalized spacial score (nSPS) is 23.7. The second-order valence-electron chi connectivity index (χ2n) is 5.78. The lowest BCUT2D eigenvalue weighted by molar-refractivity contribution is 0.0691. The lowest BCUT2D eigenvalue weighted by atomic mass is 10.1. The third-order valence-electron chi connectivity index (χ3n) is 4.20. The van der Waals surface area contributed by atoms with Crippen molar-refractivity contribution in [1.29, 1.82) is 0 Å². The summed E-state index contributed by atoms with van der Waals surface area (Å²) in [6, 6.07) is 0.534. The van der Waals surface area contributed by atoms with Gasteiger partial charge in [-0.15, -0.1) is 0 Å². The molecule has 100 valence electrons. The van der Waals surface area contributed by atoms with E-state index in [-0.39, 0.29) is 0 Å². The Kier molecular flexibility index (Phi) is 3.71. The van der Waals surface area contributed by atoms with E-state index in [1.54, 1.807) is 0 Å². The maximum Gasteiger partial charge on any atom is 0.122 e. The van der Waals surface area contributed by atoms with Crippen molar-refractivity contribution in [2.75, 3.05) is 13.7 Å². The summed E-state index contributed by atoms with van der Waals surface area (Å²) in [5.41, 5.74) is 3.01. The van der Waals surface area contributed by atoms with Crippen LogP contribution in [-0.4, -0.2) is 18.2 Å². The quantitative estimate of drug-likeness (QED) is 0.811. The summed E-state index contributed by atoms with van der Waals surface area (Å²) in [5, 5.41) is 3.44. The molecule has 3 heteroatoms.